The molecule has 0 radical (unpaired) electrons. The van der Waals surface area contributed by atoms with Gasteiger partial charge in [-0.1, -0.05) is 32.0 Å². The Labute approximate surface area is 124 Å². The molecule has 112 valence electrons. The Kier molecular flexibility index (Phi) is 2.80. The first kappa shape index (κ1) is 13.9. The third-order valence-corrected chi connectivity index (χ3v) is 5.43. The highest BCUT2D eigenvalue weighted by Crippen LogP contribution is 2.64. The van der Waals surface area contributed by atoms with Crippen LogP contribution in [0.3, 0.4) is 0 Å². The number of para-hydroxylation sites is 1. The maximum absolute atomic E-state index is 12.2. The van der Waals surface area contributed by atoms with Crippen molar-refractivity contribution in [2.45, 2.75) is 39.3 Å². The minimum absolute atomic E-state index is 0.223. The molecule has 2 N–H and O–H groups in total. The van der Waals surface area contributed by atoms with Crippen molar-refractivity contribution in [2.75, 3.05) is 5.32 Å². The Hall–Kier alpha value is -2.04. The smallest absolute Gasteiger partial charge is 0.322 e. The van der Waals surface area contributed by atoms with Gasteiger partial charge in [-0.25, -0.2) is 4.79 Å². The van der Waals surface area contributed by atoms with Crippen molar-refractivity contribution in [1.29, 1.82) is 0 Å². The first-order valence-electron chi connectivity index (χ1n) is 7.18. The number of hydrogen-bond donors (Lipinski definition) is 2. The lowest BCUT2D eigenvalue weighted by atomic mass is 9.69. The van der Waals surface area contributed by atoms with Crippen LogP contribution in [0.15, 0.2) is 30.3 Å². The molecule has 1 aliphatic carbocycles. The summed E-state index contributed by atoms with van der Waals surface area (Å²) in [6, 6.07) is 8.84. The van der Waals surface area contributed by atoms with Crippen LogP contribution < -0.4 is 10.6 Å². The van der Waals surface area contributed by atoms with Gasteiger partial charge in [0.1, 0.15) is 0 Å². The summed E-state index contributed by atoms with van der Waals surface area (Å²) in [4.78, 5) is 24.4. The molecule has 2 atom stereocenters. The van der Waals surface area contributed by atoms with Crippen LogP contribution in [0.25, 0.3) is 0 Å². The number of hydrogen-bond acceptors (Lipinski definition) is 3. The Morgan fingerprint density at radius 3 is 2.33 bits per heavy atom. The summed E-state index contributed by atoms with van der Waals surface area (Å²) >= 11 is 0. The van der Waals surface area contributed by atoms with Gasteiger partial charge in [-0.2, -0.15) is 0 Å². The highest BCUT2D eigenvalue weighted by atomic mass is 16.6. The molecule has 1 aliphatic heterocycles. The van der Waals surface area contributed by atoms with Gasteiger partial charge in [0.25, 0.3) is 0 Å². The molecule has 1 aromatic carbocycles. The largest absolute Gasteiger partial charge is 0.438 e. The summed E-state index contributed by atoms with van der Waals surface area (Å²) in [5, 5.41) is 5.66. The molecule has 5 nitrogen and oxygen atoms in total. The first-order chi connectivity index (χ1) is 9.81. The summed E-state index contributed by atoms with van der Waals surface area (Å²) in [5.41, 5.74) is -1.19. The molecular weight excluding hydrogens is 268 g/mol. The molecule has 5 heteroatoms. The highest BCUT2D eigenvalue weighted by Gasteiger charge is 2.73. The van der Waals surface area contributed by atoms with Gasteiger partial charge >= 0.3 is 12.0 Å². The van der Waals surface area contributed by atoms with Crippen LogP contribution in [0.5, 0.6) is 0 Å². The van der Waals surface area contributed by atoms with E-state index in [4.69, 9.17) is 4.74 Å². The zero-order valence-electron chi connectivity index (χ0n) is 12.5. The molecule has 21 heavy (non-hydrogen) atoms. The molecule has 1 aromatic rings. The van der Waals surface area contributed by atoms with E-state index in [-0.39, 0.29) is 12.0 Å². The van der Waals surface area contributed by atoms with Crippen molar-refractivity contribution in [1.82, 2.24) is 5.32 Å². The third kappa shape index (κ3) is 1.76. The van der Waals surface area contributed by atoms with E-state index < -0.39 is 16.6 Å². The van der Waals surface area contributed by atoms with Gasteiger partial charge in [-0.3, -0.25) is 10.1 Å². The second-order valence-electron chi connectivity index (χ2n) is 6.62. The zero-order valence-corrected chi connectivity index (χ0v) is 12.5. The van der Waals surface area contributed by atoms with Crippen LogP contribution in [-0.2, 0) is 9.53 Å². The molecule has 2 aliphatic rings. The molecule has 0 spiro atoms. The number of benzene rings is 1. The van der Waals surface area contributed by atoms with Crippen LogP contribution in [-0.4, -0.2) is 17.7 Å². The Bertz CT molecular complexity index is 599. The van der Waals surface area contributed by atoms with Crippen molar-refractivity contribution in [3.8, 4) is 0 Å². The van der Waals surface area contributed by atoms with E-state index in [9.17, 15) is 9.59 Å². The lowest BCUT2D eigenvalue weighted by Gasteiger charge is -2.37. The number of rotatable bonds is 2. The molecule has 2 fully saturated rings. The van der Waals surface area contributed by atoms with Crippen molar-refractivity contribution in [3.05, 3.63) is 30.3 Å². The van der Waals surface area contributed by atoms with Gasteiger partial charge in [0.2, 0.25) is 0 Å². The van der Waals surface area contributed by atoms with E-state index in [0.29, 0.717) is 12.1 Å². The molecule has 3 rings (SSSR count). The van der Waals surface area contributed by atoms with Crippen LogP contribution in [0.4, 0.5) is 10.5 Å². The number of fused-ring (bicyclic) bond motifs is 2. The lowest BCUT2D eigenvalue weighted by Crippen LogP contribution is -2.56. The monoisotopic (exact) mass is 288 g/mol. The standard InChI is InChI=1S/C16H20N2O3/c1-14(2)15(3)9-10-16(14,21-12(15)19)18-13(20)17-11-7-5-4-6-8-11/h4-8H,9-10H2,1-3H3,(H2,17,18,20). The number of nitrogens with one attached hydrogen (secondary N) is 2. The van der Waals surface area contributed by atoms with Crippen molar-refractivity contribution >= 4 is 17.7 Å². The Balaban J connectivity index is 1.79. The first-order valence-corrected chi connectivity index (χ1v) is 7.18. The highest BCUT2D eigenvalue weighted by molar-refractivity contribution is 5.91. The minimum atomic E-state index is -0.919. The topological polar surface area (TPSA) is 67.4 Å². The van der Waals surface area contributed by atoms with Crippen molar-refractivity contribution in [3.63, 3.8) is 0 Å². The van der Waals surface area contributed by atoms with E-state index in [1.165, 1.54) is 0 Å². The van der Waals surface area contributed by atoms with Crippen molar-refractivity contribution in [2.24, 2.45) is 10.8 Å². The number of carbonyl (C=O) groups excluding carboxylic acids is 2. The summed E-state index contributed by atoms with van der Waals surface area (Å²) in [7, 11) is 0. The van der Waals surface area contributed by atoms with E-state index in [2.05, 4.69) is 10.6 Å². The summed E-state index contributed by atoms with van der Waals surface area (Å²) in [6.07, 6.45) is 1.37. The predicted octanol–water partition coefficient (Wildman–Crippen LogP) is 2.89. The van der Waals surface area contributed by atoms with Crippen LogP contribution in [0, 0.1) is 10.8 Å². The van der Waals surface area contributed by atoms with Crippen LogP contribution in [0.1, 0.15) is 33.6 Å². The summed E-state index contributed by atoms with van der Waals surface area (Å²) in [5.74, 6) is -0.223. The molecular formula is C16H20N2O3. The zero-order chi connectivity index (χ0) is 15.3. The molecule has 1 heterocycles. The molecule has 2 bridgehead atoms. The van der Waals surface area contributed by atoms with Gasteiger partial charge in [-0.15, -0.1) is 0 Å². The average Bonchev–Trinajstić information content (AvgIpc) is 2.69. The van der Waals surface area contributed by atoms with Crippen molar-refractivity contribution < 1.29 is 14.3 Å². The number of ether oxygens (including phenoxy) is 1. The molecule has 0 aromatic heterocycles. The fourth-order valence-corrected chi connectivity index (χ4v) is 3.41. The second kappa shape index (κ2) is 4.23. The number of anilines is 1. The second-order valence-corrected chi connectivity index (χ2v) is 6.62. The molecule has 1 saturated carbocycles. The lowest BCUT2D eigenvalue weighted by molar-refractivity contribution is -0.161. The Morgan fingerprint density at radius 2 is 1.81 bits per heavy atom. The van der Waals surface area contributed by atoms with E-state index in [0.717, 1.165) is 6.42 Å². The molecule has 2 unspecified atom stereocenters. The minimum Gasteiger partial charge on any atom is -0.438 e. The fourth-order valence-electron chi connectivity index (χ4n) is 3.41. The number of esters is 1. The number of urea groups is 1. The SMILES string of the molecule is CC12CCC(NC(=O)Nc3ccccc3)(OC1=O)C2(C)C. The number of amides is 2. The van der Waals surface area contributed by atoms with Gasteiger partial charge in [0.05, 0.1) is 5.41 Å². The number of carbonyl (C=O) groups is 2. The van der Waals surface area contributed by atoms with Gasteiger partial charge in [0, 0.05) is 17.5 Å². The third-order valence-electron chi connectivity index (χ3n) is 5.43. The van der Waals surface area contributed by atoms with Gasteiger partial charge in [0.15, 0.2) is 5.72 Å². The summed E-state index contributed by atoms with van der Waals surface area (Å²) in [6.45, 7) is 5.88. The maximum atomic E-state index is 12.2. The van der Waals surface area contributed by atoms with Gasteiger partial charge < -0.3 is 10.1 Å². The van der Waals surface area contributed by atoms with Crippen LogP contribution in [0.2, 0.25) is 0 Å². The predicted molar refractivity (Wildman–Crippen MR) is 78.5 cm³/mol. The van der Waals surface area contributed by atoms with E-state index in [1.807, 2.05) is 51.1 Å². The summed E-state index contributed by atoms with van der Waals surface area (Å²) < 4.78 is 5.56. The average molecular weight is 288 g/mol. The molecule has 2 amide bonds. The normalized spacial score (nSPS) is 32.6. The van der Waals surface area contributed by atoms with E-state index in [1.54, 1.807) is 0 Å². The fraction of sp³-hybridized carbons (Fsp3) is 0.500. The maximum Gasteiger partial charge on any atom is 0.322 e. The molecule has 1 saturated heterocycles. The quantitative estimate of drug-likeness (QED) is 0.822. The Morgan fingerprint density at radius 1 is 1.14 bits per heavy atom. The van der Waals surface area contributed by atoms with Gasteiger partial charge in [-0.05, 0) is 25.5 Å². The van der Waals surface area contributed by atoms with E-state index >= 15 is 0 Å². The van der Waals surface area contributed by atoms with Crippen LogP contribution >= 0.6 is 0 Å².